The van der Waals surface area contributed by atoms with Gasteiger partial charge in [-0.1, -0.05) is 32.0 Å². The van der Waals surface area contributed by atoms with Gasteiger partial charge in [0.2, 0.25) is 5.91 Å². The Labute approximate surface area is 102 Å². The van der Waals surface area contributed by atoms with E-state index in [0.717, 1.165) is 5.69 Å². The number of carbonyl (C=O) groups is 2. The van der Waals surface area contributed by atoms with Gasteiger partial charge in [0, 0.05) is 5.69 Å². The van der Waals surface area contributed by atoms with Crippen LogP contribution in [0.5, 0.6) is 0 Å². The Morgan fingerprint density at radius 2 is 1.65 bits per heavy atom. The largest absolute Gasteiger partial charge is 0.325 e. The second kappa shape index (κ2) is 5.62. The maximum absolute atomic E-state index is 12.2. The lowest BCUT2D eigenvalue weighted by molar-refractivity contribution is -0.138. The first-order chi connectivity index (χ1) is 8.06. The second-order valence-electron chi connectivity index (χ2n) is 4.17. The van der Waals surface area contributed by atoms with Crippen LogP contribution in [0, 0.1) is 5.41 Å². The lowest BCUT2D eigenvalue weighted by atomic mass is 9.78. The molecule has 0 aliphatic carbocycles. The van der Waals surface area contributed by atoms with Gasteiger partial charge >= 0.3 is 0 Å². The van der Waals surface area contributed by atoms with Gasteiger partial charge in [-0.05, 0) is 31.9 Å². The SMILES string of the molecule is CCC(CC)(C(C)=O)C(=O)Nc1ccccc1. The summed E-state index contributed by atoms with van der Waals surface area (Å²) < 4.78 is 0. The number of Topliss-reactive ketones (excluding diaryl/α,β-unsaturated/α-hetero) is 1. The maximum Gasteiger partial charge on any atom is 0.238 e. The van der Waals surface area contributed by atoms with Crippen LogP contribution in [0.3, 0.4) is 0 Å². The lowest BCUT2D eigenvalue weighted by Crippen LogP contribution is -2.41. The molecule has 0 aliphatic rings. The molecule has 1 amide bonds. The standard InChI is InChI=1S/C14H19NO2/c1-4-14(5-2,11(3)16)13(17)15-12-9-7-6-8-10-12/h6-10H,4-5H2,1-3H3,(H,15,17). The molecule has 0 spiro atoms. The number of anilines is 1. The van der Waals surface area contributed by atoms with E-state index in [0.29, 0.717) is 12.8 Å². The Kier molecular flexibility index (Phi) is 4.44. The Morgan fingerprint density at radius 1 is 1.12 bits per heavy atom. The van der Waals surface area contributed by atoms with Crippen LogP contribution < -0.4 is 5.32 Å². The van der Waals surface area contributed by atoms with E-state index in [-0.39, 0.29) is 11.7 Å². The molecule has 0 unspecified atom stereocenters. The highest BCUT2D eigenvalue weighted by Crippen LogP contribution is 2.29. The Morgan fingerprint density at radius 3 is 2.06 bits per heavy atom. The summed E-state index contributed by atoms with van der Waals surface area (Å²) in [5.41, 5.74) is -0.166. The molecular formula is C14H19NO2. The molecule has 0 aromatic heterocycles. The van der Waals surface area contributed by atoms with Crippen molar-refractivity contribution in [1.82, 2.24) is 0 Å². The van der Waals surface area contributed by atoms with Crippen molar-refractivity contribution in [3.63, 3.8) is 0 Å². The van der Waals surface area contributed by atoms with Gasteiger partial charge in [-0.15, -0.1) is 0 Å². The minimum atomic E-state index is -0.893. The molecule has 0 bridgehead atoms. The molecule has 1 rings (SSSR count). The van der Waals surface area contributed by atoms with E-state index >= 15 is 0 Å². The quantitative estimate of drug-likeness (QED) is 0.794. The Bertz CT molecular complexity index is 394. The molecule has 0 saturated heterocycles. The summed E-state index contributed by atoms with van der Waals surface area (Å²) in [5, 5.41) is 2.81. The van der Waals surface area contributed by atoms with Gasteiger partial charge in [-0.3, -0.25) is 9.59 Å². The number of amides is 1. The van der Waals surface area contributed by atoms with Crippen molar-refractivity contribution in [3.8, 4) is 0 Å². The zero-order valence-electron chi connectivity index (χ0n) is 10.6. The molecule has 3 nitrogen and oxygen atoms in total. The fraction of sp³-hybridized carbons (Fsp3) is 0.429. The van der Waals surface area contributed by atoms with Crippen molar-refractivity contribution < 1.29 is 9.59 Å². The number of benzene rings is 1. The third-order valence-electron chi connectivity index (χ3n) is 3.35. The first-order valence-corrected chi connectivity index (χ1v) is 5.94. The fourth-order valence-corrected chi connectivity index (χ4v) is 2.00. The van der Waals surface area contributed by atoms with Crippen LogP contribution in [0.15, 0.2) is 30.3 Å². The predicted molar refractivity (Wildman–Crippen MR) is 68.8 cm³/mol. The van der Waals surface area contributed by atoms with E-state index in [4.69, 9.17) is 0 Å². The van der Waals surface area contributed by atoms with E-state index in [2.05, 4.69) is 5.32 Å². The summed E-state index contributed by atoms with van der Waals surface area (Å²) in [6, 6.07) is 9.21. The van der Waals surface area contributed by atoms with Crippen molar-refractivity contribution in [3.05, 3.63) is 30.3 Å². The molecule has 1 aromatic carbocycles. The molecule has 0 aliphatic heterocycles. The first kappa shape index (κ1) is 13.4. The predicted octanol–water partition coefficient (Wildman–Crippen LogP) is 3.02. The smallest absolute Gasteiger partial charge is 0.238 e. The van der Waals surface area contributed by atoms with Gasteiger partial charge in [0.05, 0.1) is 0 Å². The molecule has 92 valence electrons. The summed E-state index contributed by atoms with van der Waals surface area (Å²) in [6.07, 6.45) is 1.05. The van der Waals surface area contributed by atoms with Gasteiger partial charge < -0.3 is 5.32 Å². The van der Waals surface area contributed by atoms with Gasteiger partial charge in [-0.25, -0.2) is 0 Å². The van der Waals surface area contributed by atoms with Crippen LogP contribution in [0.1, 0.15) is 33.6 Å². The highest BCUT2D eigenvalue weighted by atomic mass is 16.2. The normalized spacial score (nSPS) is 11.0. The van der Waals surface area contributed by atoms with Crippen molar-refractivity contribution in [2.24, 2.45) is 5.41 Å². The molecule has 0 fully saturated rings. The summed E-state index contributed by atoms with van der Waals surface area (Å²) in [6.45, 7) is 5.22. The zero-order valence-corrected chi connectivity index (χ0v) is 10.6. The van der Waals surface area contributed by atoms with Crippen molar-refractivity contribution in [1.29, 1.82) is 0 Å². The average Bonchev–Trinajstić information content (AvgIpc) is 2.32. The molecule has 3 heteroatoms. The topological polar surface area (TPSA) is 46.2 Å². The molecular weight excluding hydrogens is 214 g/mol. The van der Waals surface area contributed by atoms with Crippen LogP contribution in [-0.4, -0.2) is 11.7 Å². The van der Waals surface area contributed by atoms with Gasteiger partial charge in [0.25, 0.3) is 0 Å². The van der Waals surface area contributed by atoms with E-state index in [9.17, 15) is 9.59 Å². The zero-order chi connectivity index (χ0) is 12.9. The minimum Gasteiger partial charge on any atom is -0.325 e. The first-order valence-electron chi connectivity index (χ1n) is 5.94. The highest BCUT2D eigenvalue weighted by Gasteiger charge is 2.39. The van der Waals surface area contributed by atoms with E-state index in [1.165, 1.54) is 6.92 Å². The number of hydrogen-bond acceptors (Lipinski definition) is 2. The summed E-state index contributed by atoms with van der Waals surface area (Å²) in [5.74, 6) is -0.280. The molecule has 0 atom stereocenters. The highest BCUT2D eigenvalue weighted by molar-refractivity contribution is 6.10. The number of ketones is 1. The van der Waals surface area contributed by atoms with Crippen LogP contribution in [-0.2, 0) is 9.59 Å². The van der Waals surface area contributed by atoms with Crippen LogP contribution in [0.25, 0.3) is 0 Å². The third kappa shape index (κ3) is 2.73. The minimum absolute atomic E-state index is 0.0732. The maximum atomic E-state index is 12.2. The number of para-hydroxylation sites is 1. The van der Waals surface area contributed by atoms with Gasteiger partial charge in [0.1, 0.15) is 11.2 Å². The van der Waals surface area contributed by atoms with Crippen molar-refractivity contribution >= 4 is 17.4 Å². The van der Waals surface area contributed by atoms with Crippen LogP contribution >= 0.6 is 0 Å². The van der Waals surface area contributed by atoms with Crippen molar-refractivity contribution in [2.75, 3.05) is 5.32 Å². The van der Waals surface area contributed by atoms with E-state index in [1.54, 1.807) is 0 Å². The van der Waals surface area contributed by atoms with Gasteiger partial charge in [0.15, 0.2) is 0 Å². The monoisotopic (exact) mass is 233 g/mol. The number of nitrogens with one attached hydrogen (secondary N) is 1. The third-order valence-corrected chi connectivity index (χ3v) is 3.35. The Hall–Kier alpha value is -1.64. The second-order valence-corrected chi connectivity index (χ2v) is 4.17. The summed E-state index contributed by atoms with van der Waals surface area (Å²) in [7, 11) is 0. The van der Waals surface area contributed by atoms with Crippen LogP contribution in [0.4, 0.5) is 5.69 Å². The van der Waals surface area contributed by atoms with Gasteiger partial charge in [-0.2, -0.15) is 0 Å². The van der Waals surface area contributed by atoms with E-state index in [1.807, 2.05) is 44.2 Å². The Balaban J connectivity index is 2.91. The summed E-state index contributed by atoms with van der Waals surface area (Å²) in [4.78, 5) is 23.9. The van der Waals surface area contributed by atoms with E-state index < -0.39 is 5.41 Å². The molecule has 0 saturated carbocycles. The lowest BCUT2D eigenvalue weighted by Gasteiger charge is -2.27. The average molecular weight is 233 g/mol. The number of carbonyl (C=O) groups excluding carboxylic acids is 2. The molecule has 1 aromatic rings. The van der Waals surface area contributed by atoms with Crippen LogP contribution in [0.2, 0.25) is 0 Å². The van der Waals surface area contributed by atoms with Crippen molar-refractivity contribution in [2.45, 2.75) is 33.6 Å². The fourth-order valence-electron chi connectivity index (χ4n) is 2.00. The summed E-state index contributed by atoms with van der Waals surface area (Å²) >= 11 is 0. The number of hydrogen-bond donors (Lipinski definition) is 1. The molecule has 0 heterocycles. The molecule has 1 N–H and O–H groups in total. The molecule has 0 radical (unpaired) electrons. The molecule has 17 heavy (non-hydrogen) atoms. The number of rotatable bonds is 5.